The van der Waals surface area contributed by atoms with Gasteiger partial charge in [-0.05, 0) is 6.42 Å². The zero-order valence-corrected chi connectivity index (χ0v) is 13.6. The Kier molecular flexibility index (Phi) is 5.14. The normalized spacial score (nSPS) is 21.3. The highest BCUT2D eigenvalue weighted by Crippen LogP contribution is 2.12. The molecule has 0 atom stereocenters. The van der Waals surface area contributed by atoms with Crippen molar-refractivity contribution in [2.75, 3.05) is 40.3 Å². The van der Waals surface area contributed by atoms with Crippen LogP contribution in [0.25, 0.3) is 0 Å². The Balaban J connectivity index is 2.01. The van der Waals surface area contributed by atoms with Crippen molar-refractivity contribution in [1.29, 1.82) is 0 Å². The molecule has 0 aromatic rings. The van der Waals surface area contributed by atoms with E-state index in [9.17, 15) is 18.0 Å². The SMILES string of the molecule is CN(C)S(=O)(=O)N1CCCN(C(=O)C2=NNC(=O)CC2)CC1. The summed E-state index contributed by atoms with van der Waals surface area (Å²) in [6, 6.07) is 0. The summed E-state index contributed by atoms with van der Waals surface area (Å²) in [5, 5.41) is 3.80. The third kappa shape index (κ3) is 3.62. The molecule has 22 heavy (non-hydrogen) atoms. The van der Waals surface area contributed by atoms with E-state index in [0.29, 0.717) is 38.2 Å². The summed E-state index contributed by atoms with van der Waals surface area (Å²) in [7, 11) is -0.486. The standard InChI is InChI=1S/C12H21N5O4S/c1-15(2)22(20,21)17-7-3-6-16(8-9-17)12(19)10-4-5-11(18)14-13-10/h3-9H2,1-2H3,(H,14,18). The molecule has 2 aliphatic rings. The third-order valence-electron chi connectivity index (χ3n) is 3.68. The molecule has 0 saturated carbocycles. The fraction of sp³-hybridized carbons (Fsp3) is 0.750. The second kappa shape index (κ2) is 6.71. The van der Waals surface area contributed by atoms with Crippen molar-refractivity contribution >= 4 is 27.7 Å². The average Bonchev–Trinajstić information content (AvgIpc) is 2.73. The monoisotopic (exact) mass is 331 g/mol. The highest BCUT2D eigenvalue weighted by molar-refractivity contribution is 7.86. The molecule has 2 amide bonds. The lowest BCUT2D eigenvalue weighted by molar-refractivity contribution is -0.124. The van der Waals surface area contributed by atoms with Crippen molar-refractivity contribution in [2.45, 2.75) is 19.3 Å². The van der Waals surface area contributed by atoms with Gasteiger partial charge < -0.3 is 4.90 Å². The van der Waals surface area contributed by atoms with E-state index in [4.69, 9.17) is 0 Å². The van der Waals surface area contributed by atoms with Crippen molar-refractivity contribution in [3.63, 3.8) is 0 Å². The van der Waals surface area contributed by atoms with Gasteiger partial charge in [0.15, 0.2) is 0 Å². The molecule has 0 radical (unpaired) electrons. The van der Waals surface area contributed by atoms with Gasteiger partial charge in [-0.15, -0.1) is 0 Å². The van der Waals surface area contributed by atoms with Gasteiger partial charge in [0.1, 0.15) is 5.71 Å². The van der Waals surface area contributed by atoms with Gasteiger partial charge in [-0.2, -0.15) is 22.1 Å². The van der Waals surface area contributed by atoms with E-state index in [0.717, 1.165) is 0 Å². The molecule has 1 fully saturated rings. The van der Waals surface area contributed by atoms with Gasteiger partial charge in [-0.3, -0.25) is 9.59 Å². The first-order valence-electron chi connectivity index (χ1n) is 7.14. The van der Waals surface area contributed by atoms with Gasteiger partial charge in [0, 0.05) is 53.1 Å². The maximum absolute atomic E-state index is 12.4. The Labute approximate surface area is 130 Å². The third-order valence-corrected chi connectivity index (χ3v) is 5.62. The zero-order valence-electron chi connectivity index (χ0n) is 12.8. The lowest BCUT2D eigenvalue weighted by Gasteiger charge is -2.24. The lowest BCUT2D eigenvalue weighted by Crippen LogP contribution is -2.44. The molecule has 0 aromatic heterocycles. The number of carbonyl (C=O) groups excluding carboxylic acids is 2. The summed E-state index contributed by atoms with van der Waals surface area (Å²) in [5.74, 6) is -0.431. The number of hydrazone groups is 1. The van der Waals surface area contributed by atoms with Gasteiger partial charge in [0.25, 0.3) is 16.1 Å². The number of hydrogen-bond donors (Lipinski definition) is 1. The first-order chi connectivity index (χ1) is 10.3. The summed E-state index contributed by atoms with van der Waals surface area (Å²) >= 11 is 0. The van der Waals surface area contributed by atoms with E-state index in [1.807, 2.05) is 0 Å². The maximum Gasteiger partial charge on any atom is 0.281 e. The van der Waals surface area contributed by atoms with Gasteiger partial charge in [-0.25, -0.2) is 5.43 Å². The Hall–Kier alpha value is -1.52. The molecular weight excluding hydrogens is 310 g/mol. The maximum atomic E-state index is 12.4. The number of carbonyl (C=O) groups is 2. The predicted octanol–water partition coefficient (Wildman–Crippen LogP) is -1.41. The molecule has 0 spiro atoms. The molecule has 0 bridgehead atoms. The number of amides is 2. The molecule has 1 N–H and O–H groups in total. The predicted molar refractivity (Wildman–Crippen MR) is 80.2 cm³/mol. The lowest BCUT2D eigenvalue weighted by atomic mass is 10.1. The van der Waals surface area contributed by atoms with Crippen LogP contribution in [0, 0.1) is 0 Å². The van der Waals surface area contributed by atoms with E-state index in [2.05, 4.69) is 10.5 Å². The van der Waals surface area contributed by atoms with Crippen LogP contribution in [0.1, 0.15) is 19.3 Å². The van der Waals surface area contributed by atoms with Gasteiger partial charge >= 0.3 is 0 Å². The van der Waals surface area contributed by atoms with E-state index in [1.54, 1.807) is 4.90 Å². The quantitative estimate of drug-likeness (QED) is 0.686. The van der Waals surface area contributed by atoms with Crippen molar-refractivity contribution in [3.05, 3.63) is 0 Å². The smallest absolute Gasteiger partial charge is 0.281 e. The fourth-order valence-corrected chi connectivity index (χ4v) is 3.50. The highest BCUT2D eigenvalue weighted by Gasteiger charge is 2.30. The van der Waals surface area contributed by atoms with E-state index < -0.39 is 10.2 Å². The van der Waals surface area contributed by atoms with Crippen LogP contribution in [0.5, 0.6) is 0 Å². The van der Waals surface area contributed by atoms with Gasteiger partial charge in [0.05, 0.1) is 0 Å². The molecule has 0 unspecified atom stereocenters. The van der Waals surface area contributed by atoms with E-state index in [1.165, 1.54) is 22.7 Å². The minimum absolute atomic E-state index is 0.198. The first-order valence-corrected chi connectivity index (χ1v) is 8.54. The Morgan fingerprint density at radius 2 is 1.91 bits per heavy atom. The summed E-state index contributed by atoms with van der Waals surface area (Å²) in [4.78, 5) is 25.0. The van der Waals surface area contributed by atoms with Gasteiger partial charge in [-0.1, -0.05) is 0 Å². The van der Waals surface area contributed by atoms with E-state index in [-0.39, 0.29) is 24.8 Å². The molecule has 124 valence electrons. The van der Waals surface area contributed by atoms with Crippen LogP contribution in [0.15, 0.2) is 5.10 Å². The Morgan fingerprint density at radius 1 is 1.18 bits per heavy atom. The van der Waals surface area contributed by atoms with Crippen molar-refractivity contribution in [1.82, 2.24) is 18.9 Å². The Bertz CT molecular complexity index is 586. The van der Waals surface area contributed by atoms with Gasteiger partial charge in [0.2, 0.25) is 5.91 Å². The van der Waals surface area contributed by atoms with E-state index >= 15 is 0 Å². The second-order valence-corrected chi connectivity index (χ2v) is 7.57. The van der Waals surface area contributed by atoms with Crippen LogP contribution in [0.4, 0.5) is 0 Å². The number of hydrogen-bond acceptors (Lipinski definition) is 5. The largest absolute Gasteiger partial charge is 0.336 e. The number of nitrogens with zero attached hydrogens (tertiary/aromatic N) is 4. The van der Waals surface area contributed by atoms with Crippen LogP contribution in [-0.2, 0) is 19.8 Å². The van der Waals surface area contributed by atoms with Crippen LogP contribution in [0.3, 0.4) is 0 Å². The highest BCUT2D eigenvalue weighted by atomic mass is 32.2. The first kappa shape index (κ1) is 16.8. The Morgan fingerprint density at radius 3 is 2.50 bits per heavy atom. The number of rotatable bonds is 3. The molecule has 9 nitrogen and oxygen atoms in total. The molecule has 0 aromatic carbocycles. The summed E-state index contributed by atoms with van der Waals surface area (Å²) in [6.07, 6.45) is 1.14. The second-order valence-electron chi connectivity index (χ2n) is 5.43. The molecule has 2 aliphatic heterocycles. The summed E-state index contributed by atoms with van der Waals surface area (Å²) in [6.45, 7) is 1.43. The van der Waals surface area contributed by atoms with Crippen LogP contribution >= 0.6 is 0 Å². The van der Waals surface area contributed by atoms with Crippen molar-refractivity contribution < 1.29 is 18.0 Å². The average molecular weight is 331 g/mol. The molecule has 2 heterocycles. The topological polar surface area (TPSA) is 102 Å². The van der Waals surface area contributed by atoms with Crippen LogP contribution in [-0.4, -0.2) is 79.7 Å². The fourth-order valence-electron chi connectivity index (χ4n) is 2.37. The molecule has 0 aliphatic carbocycles. The van der Waals surface area contributed by atoms with Crippen molar-refractivity contribution in [2.24, 2.45) is 5.10 Å². The van der Waals surface area contributed by atoms with Crippen molar-refractivity contribution in [3.8, 4) is 0 Å². The molecular formula is C12H21N5O4S. The minimum atomic E-state index is -3.46. The molecule has 10 heteroatoms. The zero-order chi connectivity index (χ0) is 16.3. The van der Waals surface area contributed by atoms with Crippen LogP contribution < -0.4 is 5.43 Å². The number of nitrogens with one attached hydrogen (secondary N) is 1. The molecule has 1 saturated heterocycles. The minimum Gasteiger partial charge on any atom is -0.336 e. The molecule has 2 rings (SSSR count). The van der Waals surface area contributed by atoms with Crippen LogP contribution in [0.2, 0.25) is 0 Å². The summed E-state index contributed by atoms with van der Waals surface area (Å²) < 4.78 is 26.8. The summed E-state index contributed by atoms with van der Waals surface area (Å²) in [5.41, 5.74) is 2.63.